The Morgan fingerprint density at radius 3 is 2.53 bits per heavy atom. The quantitative estimate of drug-likeness (QED) is 0.885. The Kier molecular flexibility index (Phi) is 4.73. The molecule has 0 aliphatic heterocycles. The first-order valence-electron chi connectivity index (χ1n) is 5.49. The molecule has 0 spiro atoms. The highest BCUT2D eigenvalue weighted by atomic mass is 79.9. The van der Waals surface area contributed by atoms with Gasteiger partial charge in [-0.2, -0.15) is 0 Å². The van der Waals surface area contributed by atoms with Crippen LogP contribution in [0.4, 0.5) is 0 Å². The molecule has 2 aromatic rings. The minimum absolute atomic E-state index is 0.283. The van der Waals surface area contributed by atoms with E-state index < -0.39 is 0 Å². The number of thiophene rings is 1. The molecule has 1 atom stereocenters. The van der Waals surface area contributed by atoms with Gasteiger partial charge in [-0.15, -0.1) is 11.3 Å². The van der Waals surface area contributed by atoms with Crippen LogP contribution < -0.4 is 15.2 Å². The van der Waals surface area contributed by atoms with Crippen LogP contribution in [-0.2, 0) is 0 Å². The zero-order valence-electron chi connectivity index (χ0n) is 10.4. The predicted octanol–water partition coefficient (Wildman–Crippen LogP) is 4.23. The molecule has 0 saturated heterocycles. The Hall–Kier alpha value is -0.750. The van der Waals surface area contributed by atoms with E-state index in [0.717, 1.165) is 20.0 Å². The van der Waals surface area contributed by atoms with E-state index in [9.17, 15) is 0 Å². The Morgan fingerprint density at radius 1 is 1.26 bits per heavy atom. The number of nitrogens with two attached hydrogens (primary N) is 1. The lowest BCUT2D eigenvalue weighted by molar-refractivity contribution is 0.390. The maximum Gasteiger partial charge on any atom is 0.127 e. The van der Waals surface area contributed by atoms with Gasteiger partial charge < -0.3 is 15.2 Å². The van der Waals surface area contributed by atoms with Crippen molar-refractivity contribution in [2.75, 3.05) is 14.2 Å². The fourth-order valence-corrected chi connectivity index (χ4v) is 3.51. The fraction of sp³-hybridized carbons (Fsp3) is 0.231. The van der Waals surface area contributed by atoms with Crippen molar-refractivity contribution in [3.63, 3.8) is 0 Å². The summed E-state index contributed by atoms with van der Waals surface area (Å²) >= 11 is 11.0. The molecule has 0 amide bonds. The van der Waals surface area contributed by atoms with Crippen LogP contribution in [0.2, 0.25) is 5.02 Å². The number of rotatable bonds is 4. The molecular formula is C13H13BrClNO2S. The summed E-state index contributed by atoms with van der Waals surface area (Å²) in [5.74, 6) is 1.44. The van der Waals surface area contributed by atoms with E-state index in [0.29, 0.717) is 10.8 Å². The minimum Gasteiger partial charge on any atom is -0.497 e. The Bertz CT molecular complexity index is 569. The minimum atomic E-state index is -0.283. The summed E-state index contributed by atoms with van der Waals surface area (Å²) in [5.41, 5.74) is 7.17. The molecule has 0 saturated carbocycles. The monoisotopic (exact) mass is 361 g/mol. The second-order valence-corrected chi connectivity index (χ2v) is 6.66. The van der Waals surface area contributed by atoms with Crippen molar-refractivity contribution < 1.29 is 9.47 Å². The molecule has 1 heterocycles. The van der Waals surface area contributed by atoms with Gasteiger partial charge in [-0.3, -0.25) is 0 Å². The first-order valence-corrected chi connectivity index (χ1v) is 7.47. The summed E-state index contributed by atoms with van der Waals surface area (Å²) in [5, 5.41) is 0.669. The number of methoxy groups -OCH3 is 2. The maximum absolute atomic E-state index is 6.28. The van der Waals surface area contributed by atoms with Gasteiger partial charge in [0.1, 0.15) is 11.5 Å². The number of benzene rings is 1. The van der Waals surface area contributed by atoms with E-state index in [2.05, 4.69) is 15.9 Å². The molecule has 0 radical (unpaired) electrons. The highest BCUT2D eigenvalue weighted by molar-refractivity contribution is 9.11. The summed E-state index contributed by atoms with van der Waals surface area (Å²) in [7, 11) is 3.23. The largest absolute Gasteiger partial charge is 0.497 e. The van der Waals surface area contributed by atoms with Crippen LogP contribution >= 0.6 is 38.9 Å². The average Bonchev–Trinajstić information content (AvgIpc) is 2.77. The second kappa shape index (κ2) is 6.13. The number of hydrogen-bond donors (Lipinski definition) is 1. The van der Waals surface area contributed by atoms with Crippen molar-refractivity contribution >= 4 is 38.9 Å². The summed E-state index contributed by atoms with van der Waals surface area (Å²) < 4.78 is 11.4. The summed E-state index contributed by atoms with van der Waals surface area (Å²) in [6.07, 6.45) is 0. The third-order valence-electron chi connectivity index (χ3n) is 2.75. The van der Waals surface area contributed by atoms with Crippen LogP contribution in [0.3, 0.4) is 0 Å². The van der Waals surface area contributed by atoms with E-state index in [1.54, 1.807) is 14.2 Å². The molecule has 1 aromatic heterocycles. The molecule has 6 heteroatoms. The lowest BCUT2D eigenvalue weighted by Gasteiger charge is -2.15. The van der Waals surface area contributed by atoms with Crippen LogP contribution in [0.15, 0.2) is 28.1 Å². The van der Waals surface area contributed by atoms with Crippen molar-refractivity contribution in [1.82, 2.24) is 0 Å². The molecular weight excluding hydrogens is 350 g/mol. The molecule has 0 aliphatic rings. The van der Waals surface area contributed by atoms with E-state index in [1.807, 2.05) is 24.3 Å². The molecule has 0 fully saturated rings. The zero-order chi connectivity index (χ0) is 14.0. The molecule has 102 valence electrons. The van der Waals surface area contributed by atoms with E-state index in [4.69, 9.17) is 26.8 Å². The first kappa shape index (κ1) is 14.7. The third kappa shape index (κ3) is 3.05. The molecule has 2 N–H and O–H groups in total. The molecule has 0 aliphatic carbocycles. The molecule has 1 unspecified atom stereocenters. The summed E-state index contributed by atoms with van der Waals surface area (Å²) in [4.78, 5) is 0.973. The summed E-state index contributed by atoms with van der Waals surface area (Å²) in [6, 6.07) is 7.17. The van der Waals surface area contributed by atoms with E-state index >= 15 is 0 Å². The normalized spacial score (nSPS) is 12.3. The topological polar surface area (TPSA) is 44.5 Å². The Balaban J connectivity index is 2.40. The standard InChI is InChI=1S/C13H13BrClNO2S/c1-17-7-3-4-8(10(5-7)18-2)12(16)11-6-9(15)13(14)19-11/h3-6,12H,16H2,1-2H3. The lowest BCUT2D eigenvalue weighted by atomic mass is 10.0. The average molecular weight is 363 g/mol. The predicted molar refractivity (Wildman–Crippen MR) is 82.6 cm³/mol. The smallest absolute Gasteiger partial charge is 0.127 e. The highest BCUT2D eigenvalue weighted by Crippen LogP contribution is 2.39. The van der Waals surface area contributed by atoms with Gasteiger partial charge in [0.05, 0.1) is 29.1 Å². The van der Waals surface area contributed by atoms with Gasteiger partial charge >= 0.3 is 0 Å². The molecule has 0 bridgehead atoms. The van der Waals surface area contributed by atoms with Crippen LogP contribution in [0.5, 0.6) is 11.5 Å². The van der Waals surface area contributed by atoms with Crippen molar-refractivity contribution in [3.05, 3.63) is 43.5 Å². The second-order valence-electron chi connectivity index (χ2n) is 3.86. The third-order valence-corrected chi connectivity index (χ3v) is 5.30. The van der Waals surface area contributed by atoms with Gasteiger partial charge in [0.2, 0.25) is 0 Å². The number of halogens is 2. The molecule has 2 rings (SSSR count). The number of ether oxygens (including phenoxy) is 2. The van der Waals surface area contributed by atoms with E-state index in [-0.39, 0.29) is 6.04 Å². The van der Waals surface area contributed by atoms with Crippen LogP contribution in [0.1, 0.15) is 16.5 Å². The summed E-state index contributed by atoms with van der Waals surface area (Å²) in [6.45, 7) is 0. The molecule has 19 heavy (non-hydrogen) atoms. The van der Waals surface area contributed by atoms with Crippen molar-refractivity contribution in [1.29, 1.82) is 0 Å². The van der Waals surface area contributed by atoms with Crippen molar-refractivity contribution in [2.45, 2.75) is 6.04 Å². The zero-order valence-corrected chi connectivity index (χ0v) is 13.6. The van der Waals surface area contributed by atoms with Gasteiger partial charge in [-0.25, -0.2) is 0 Å². The molecule has 3 nitrogen and oxygen atoms in total. The lowest BCUT2D eigenvalue weighted by Crippen LogP contribution is -2.11. The highest BCUT2D eigenvalue weighted by Gasteiger charge is 2.18. The Morgan fingerprint density at radius 2 is 2.00 bits per heavy atom. The van der Waals surface area contributed by atoms with E-state index in [1.165, 1.54) is 11.3 Å². The van der Waals surface area contributed by atoms with Crippen LogP contribution in [0.25, 0.3) is 0 Å². The van der Waals surface area contributed by atoms with Gasteiger partial charge in [-0.05, 0) is 34.1 Å². The van der Waals surface area contributed by atoms with Crippen molar-refractivity contribution in [2.24, 2.45) is 5.73 Å². The molecule has 1 aromatic carbocycles. The number of hydrogen-bond acceptors (Lipinski definition) is 4. The van der Waals surface area contributed by atoms with Gasteiger partial charge in [0.15, 0.2) is 0 Å². The van der Waals surface area contributed by atoms with Crippen LogP contribution in [-0.4, -0.2) is 14.2 Å². The first-order chi connectivity index (χ1) is 9.06. The van der Waals surface area contributed by atoms with Gasteiger partial charge in [0, 0.05) is 16.5 Å². The maximum atomic E-state index is 6.28. The van der Waals surface area contributed by atoms with Crippen LogP contribution in [0, 0.1) is 0 Å². The fourth-order valence-electron chi connectivity index (χ4n) is 1.75. The van der Waals surface area contributed by atoms with Gasteiger partial charge in [0.25, 0.3) is 0 Å². The van der Waals surface area contributed by atoms with Gasteiger partial charge in [-0.1, -0.05) is 11.6 Å². The van der Waals surface area contributed by atoms with Crippen molar-refractivity contribution in [3.8, 4) is 11.5 Å². The Labute approximate surface area is 129 Å². The SMILES string of the molecule is COc1ccc(C(N)c2cc(Cl)c(Br)s2)c(OC)c1.